The number of hydrogen-bond donors (Lipinski definition) is 1. The van der Waals surface area contributed by atoms with E-state index < -0.39 is 5.97 Å². The molecule has 1 aliphatic heterocycles. The lowest BCUT2D eigenvalue weighted by Gasteiger charge is -2.24. The van der Waals surface area contributed by atoms with Gasteiger partial charge in [-0.1, -0.05) is 12.1 Å². The van der Waals surface area contributed by atoms with Crippen LogP contribution in [0.25, 0.3) is 5.65 Å². The van der Waals surface area contributed by atoms with Crippen molar-refractivity contribution in [2.75, 3.05) is 19.8 Å². The molecule has 1 unspecified atom stereocenters. The minimum atomic E-state index is -0.492. The standard InChI is InChI=1S/C22H26N4O4/c1-3-29-17-9-7-15(8-10-17)19-6-5-11-25(19)14-16-12-20(27)26-21(24-16)18(13-23-26)22(28)30-4-2/h7-10,12-13,19,23H,3-6,11,14H2,1-2H3. The van der Waals surface area contributed by atoms with Crippen LogP contribution < -0.4 is 10.3 Å². The van der Waals surface area contributed by atoms with Crippen LogP contribution in [0.5, 0.6) is 5.75 Å². The summed E-state index contributed by atoms with van der Waals surface area (Å²) >= 11 is 0. The third-order valence-corrected chi connectivity index (χ3v) is 5.35. The van der Waals surface area contributed by atoms with Gasteiger partial charge in [-0.25, -0.2) is 14.3 Å². The molecule has 1 saturated heterocycles. The molecule has 30 heavy (non-hydrogen) atoms. The molecule has 0 radical (unpaired) electrons. The fraction of sp³-hybridized carbons (Fsp3) is 0.409. The number of ether oxygens (including phenoxy) is 2. The first-order valence-electron chi connectivity index (χ1n) is 10.3. The van der Waals surface area contributed by atoms with Crippen molar-refractivity contribution in [1.82, 2.24) is 19.5 Å². The number of hydrogen-bond acceptors (Lipinski definition) is 6. The summed E-state index contributed by atoms with van der Waals surface area (Å²) in [6.07, 6.45) is 3.59. The largest absolute Gasteiger partial charge is 0.494 e. The predicted molar refractivity (Wildman–Crippen MR) is 112 cm³/mol. The number of fused-ring (bicyclic) bond motifs is 1. The molecule has 2 aromatic heterocycles. The van der Waals surface area contributed by atoms with Gasteiger partial charge in [-0.05, 0) is 50.9 Å². The zero-order chi connectivity index (χ0) is 21.1. The highest BCUT2D eigenvalue weighted by molar-refractivity contribution is 5.95. The lowest BCUT2D eigenvalue weighted by atomic mass is 10.0. The fourth-order valence-electron chi connectivity index (χ4n) is 4.02. The number of likely N-dealkylation sites (tertiary alicyclic amines) is 1. The van der Waals surface area contributed by atoms with E-state index in [4.69, 9.17) is 9.47 Å². The highest BCUT2D eigenvalue weighted by Gasteiger charge is 2.27. The first-order chi connectivity index (χ1) is 14.6. The number of H-pyrrole nitrogens is 1. The summed E-state index contributed by atoms with van der Waals surface area (Å²) in [6.45, 7) is 6.08. The van der Waals surface area contributed by atoms with Crippen LogP contribution in [0.3, 0.4) is 0 Å². The Balaban J connectivity index is 1.59. The van der Waals surface area contributed by atoms with Crippen LogP contribution in [-0.2, 0) is 11.3 Å². The molecular weight excluding hydrogens is 384 g/mol. The Labute approximate surface area is 174 Å². The van der Waals surface area contributed by atoms with Crippen LogP contribution in [0.4, 0.5) is 0 Å². The smallest absolute Gasteiger partial charge is 0.343 e. The molecule has 158 valence electrons. The average molecular weight is 410 g/mol. The van der Waals surface area contributed by atoms with Crippen LogP contribution >= 0.6 is 0 Å². The zero-order valence-corrected chi connectivity index (χ0v) is 17.3. The quantitative estimate of drug-likeness (QED) is 0.603. The van der Waals surface area contributed by atoms with Crippen LogP contribution in [0, 0.1) is 0 Å². The van der Waals surface area contributed by atoms with Crippen molar-refractivity contribution in [3.63, 3.8) is 0 Å². The molecule has 1 aromatic carbocycles. The number of esters is 1. The molecule has 1 N–H and O–H groups in total. The Morgan fingerprint density at radius 1 is 1.23 bits per heavy atom. The van der Waals surface area contributed by atoms with Gasteiger partial charge in [0.05, 0.1) is 18.9 Å². The van der Waals surface area contributed by atoms with Crippen LogP contribution in [0.1, 0.15) is 54.3 Å². The Bertz CT molecular complexity index is 1090. The Kier molecular flexibility index (Phi) is 5.85. The van der Waals surface area contributed by atoms with E-state index in [2.05, 4.69) is 27.1 Å². The van der Waals surface area contributed by atoms with E-state index in [1.165, 1.54) is 22.3 Å². The summed E-state index contributed by atoms with van der Waals surface area (Å²) in [7, 11) is 0. The van der Waals surface area contributed by atoms with E-state index in [1.54, 1.807) is 6.92 Å². The van der Waals surface area contributed by atoms with Gasteiger partial charge in [-0.3, -0.25) is 14.8 Å². The van der Waals surface area contributed by atoms with E-state index in [-0.39, 0.29) is 23.8 Å². The third kappa shape index (κ3) is 3.95. The van der Waals surface area contributed by atoms with Crippen molar-refractivity contribution in [2.24, 2.45) is 0 Å². The molecule has 3 aromatic rings. The summed E-state index contributed by atoms with van der Waals surface area (Å²) in [6, 6.07) is 9.98. The number of benzene rings is 1. The topological polar surface area (TPSA) is 88.9 Å². The number of rotatable bonds is 7. The number of aromatic amines is 1. The molecule has 0 bridgehead atoms. The van der Waals surface area contributed by atoms with E-state index in [1.807, 2.05) is 19.1 Å². The SMILES string of the molecule is CCOC(=O)c1c[nH]n2c(=O)cc(CN3CCCC3c3ccc(OCC)cc3)nc12. The zero-order valence-electron chi connectivity index (χ0n) is 17.3. The molecule has 8 nitrogen and oxygen atoms in total. The van der Waals surface area contributed by atoms with E-state index >= 15 is 0 Å². The maximum Gasteiger partial charge on any atom is 0.343 e. The maximum absolute atomic E-state index is 12.5. The van der Waals surface area contributed by atoms with Crippen molar-refractivity contribution in [3.8, 4) is 5.75 Å². The molecular formula is C22H26N4O4. The third-order valence-electron chi connectivity index (χ3n) is 5.35. The van der Waals surface area contributed by atoms with Gasteiger partial charge in [0.25, 0.3) is 5.56 Å². The fourth-order valence-corrected chi connectivity index (χ4v) is 4.02. The van der Waals surface area contributed by atoms with E-state index in [0.29, 0.717) is 24.5 Å². The van der Waals surface area contributed by atoms with Crippen LogP contribution in [0.15, 0.2) is 41.3 Å². The van der Waals surface area contributed by atoms with Crippen molar-refractivity contribution in [1.29, 1.82) is 0 Å². The minimum absolute atomic E-state index is 0.248. The number of aromatic nitrogens is 3. The highest BCUT2D eigenvalue weighted by atomic mass is 16.5. The van der Waals surface area contributed by atoms with Gasteiger partial charge in [0.15, 0.2) is 5.65 Å². The second-order valence-electron chi connectivity index (χ2n) is 7.28. The summed E-state index contributed by atoms with van der Waals surface area (Å²) in [4.78, 5) is 31.6. The van der Waals surface area contributed by atoms with Crippen molar-refractivity contribution < 1.29 is 14.3 Å². The van der Waals surface area contributed by atoms with Gasteiger partial charge < -0.3 is 9.47 Å². The second-order valence-corrected chi connectivity index (χ2v) is 7.28. The van der Waals surface area contributed by atoms with Gasteiger partial charge in [0, 0.05) is 24.8 Å². The number of carbonyl (C=O) groups is 1. The van der Waals surface area contributed by atoms with E-state index in [9.17, 15) is 9.59 Å². The minimum Gasteiger partial charge on any atom is -0.494 e. The second kappa shape index (κ2) is 8.71. The first-order valence-corrected chi connectivity index (χ1v) is 10.3. The summed E-state index contributed by atoms with van der Waals surface area (Å²) in [5, 5.41) is 2.78. The van der Waals surface area contributed by atoms with Gasteiger partial charge in [0.2, 0.25) is 0 Å². The molecule has 1 aliphatic rings. The van der Waals surface area contributed by atoms with Gasteiger partial charge in [-0.15, -0.1) is 0 Å². The average Bonchev–Trinajstić information content (AvgIpc) is 3.36. The molecule has 8 heteroatoms. The van der Waals surface area contributed by atoms with Crippen molar-refractivity contribution >= 4 is 11.6 Å². The normalized spacial score (nSPS) is 16.8. The first kappa shape index (κ1) is 20.2. The molecule has 0 saturated carbocycles. The maximum atomic E-state index is 12.5. The van der Waals surface area contributed by atoms with Crippen molar-refractivity contribution in [2.45, 2.75) is 39.3 Å². The Morgan fingerprint density at radius 3 is 2.77 bits per heavy atom. The molecule has 4 rings (SSSR count). The van der Waals surface area contributed by atoms with Gasteiger partial charge >= 0.3 is 5.97 Å². The van der Waals surface area contributed by atoms with Gasteiger partial charge in [-0.2, -0.15) is 0 Å². The molecule has 0 aliphatic carbocycles. The predicted octanol–water partition coefficient (Wildman–Crippen LogP) is 2.94. The molecule has 1 fully saturated rings. The Morgan fingerprint density at radius 2 is 2.03 bits per heavy atom. The van der Waals surface area contributed by atoms with Crippen LogP contribution in [0.2, 0.25) is 0 Å². The lowest BCUT2D eigenvalue weighted by Crippen LogP contribution is -2.25. The molecule has 1 atom stereocenters. The number of nitrogens with zero attached hydrogens (tertiary/aromatic N) is 3. The highest BCUT2D eigenvalue weighted by Crippen LogP contribution is 2.33. The number of carbonyl (C=O) groups excluding carboxylic acids is 1. The Hall–Kier alpha value is -3.13. The molecule has 3 heterocycles. The summed E-state index contributed by atoms with van der Waals surface area (Å²) in [5.74, 6) is 0.374. The summed E-state index contributed by atoms with van der Waals surface area (Å²) in [5.41, 5.74) is 2.18. The van der Waals surface area contributed by atoms with Crippen molar-refractivity contribution in [3.05, 3.63) is 63.7 Å². The van der Waals surface area contributed by atoms with Gasteiger partial charge in [0.1, 0.15) is 11.3 Å². The van der Waals surface area contributed by atoms with Crippen LogP contribution in [-0.4, -0.2) is 45.2 Å². The molecule has 0 amide bonds. The molecule has 0 spiro atoms. The monoisotopic (exact) mass is 410 g/mol. The number of nitrogens with one attached hydrogen (secondary N) is 1. The summed E-state index contributed by atoms with van der Waals surface area (Å²) < 4.78 is 11.9. The lowest BCUT2D eigenvalue weighted by molar-refractivity contribution is 0.0528. The van der Waals surface area contributed by atoms with E-state index in [0.717, 1.165) is 25.1 Å².